The number of carbonyl (C=O) groups is 3. The van der Waals surface area contributed by atoms with Gasteiger partial charge in [0, 0.05) is 39.5 Å². The van der Waals surface area contributed by atoms with E-state index >= 15 is 0 Å². The molecule has 5 rings (SSSR count). The number of hydrogen-bond donors (Lipinski definition) is 2. The third kappa shape index (κ3) is 10.3. The largest absolute Gasteiger partial charge is 0.370 e. The number of amides is 3. The molecule has 0 aliphatic carbocycles. The second-order valence-electron chi connectivity index (χ2n) is 12.9. The lowest BCUT2D eigenvalue weighted by atomic mass is 9.98. The number of rotatable bonds is 16. The van der Waals surface area contributed by atoms with Crippen LogP contribution >= 0.6 is 0 Å². The highest BCUT2D eigenvalue weighted by molar-refractivity contribution is 5.92. The van der Waals surface area contributed by atoms with Gasteiger partial charge in [0.2, 0.25) is 17.7 Å². The predicted octanol–water partition coefficient (Wildman–Crippen LogP) is 5.06. The van der Waals surface area contributed by atoms with Crippen LogP contribution in [0.25, 0.3) is 11.1 Å². The van der Waals surface area contributed by atoms with Gasteiger partial charge in [0.25, 0.3) is 0 Å². The number of hydrogen-bond acceptors (Lipinski definition) is 5. The lowest BCUT2D eigenvalue weighted by molar-refractivity contribution is -0.149. The van der Waals surface area contributed by atoms with E-state index in [2.05, 4.69) is 10.6 Å². The number of likely N-dealkylation sites (N-methyl/N-ethyl adjacent to an activating group) is 2. The molecule has 3 amide bonds. The quantitative estimate of drug-likeness (QED) is 0.173. The van der Waals surface area contributed by atoms with Crippen LogP contribution < -0.4 is 10.6 Å². The van der Waals surface area contributed by atoms with E-state index in [9.17, 15) is 18.8 Å². The summed E-state index contributed by atoms with van der Waals surface area (Å²) < 4.78 is 19.6. The molecule has 8 nitrogen and oxygen atoms in total. The fraction of sp³-hybridized carbons (Fsp3) is 0.341. The van der Waals surface area contributed by atoms with Crippen molar-refractivity contribution >= 4 is 17.7 Å². The molecule has 0 bridgehead atoms. The van der Waals surface area contributed by atoms with Crippen molar-refractivity contribution in [1.29, 1.82) is 0 Å². The molecular weight excluding hydrogens is 631 g/mol. The van der Waals surface area contributed by atoms with Gasteiger partial charge < -0.3 is 25.2 Å². The molecule has 4 aromatic rings. The van der Waals surface area contributed by atoms with Crippen LogP contribution in [0, 0.1) is 5.82 Å². The van der Waals surface area contributed by atoms with E-state index in [0.29, 0.717) is 25.1 Å². The highest BCUT2D eigenvalue weighted by Gasteiger charge is 2.35. The summed E-state index contributed by atoms with van der Waals surface area (Å²) >= 11 is 0. The van der Waals surface area contributed by atoms with Gasteiger partial charge in [-0.2, -0.15) is 0 Å². The van der Waals surface area contributed by atoms with E-state index in [1.807, 2.05) is 84.9 Å². The third-order valence-corrected chi connectivity index (χ3v) is 9.36. The summed E-state index contributed by atoms with van der Waals surface area (Å²) in [6.07, 6.45) is 3.12. The summed E-state index contributed by atoms with van der Waals surface area (Å²) in [7, 11) is 3.21. The van der Waals surface area contributed by atoms with Crippen LogP contribution in [-0.2, 0) is 38.4 Å². The molecule has 0 saturated carbocycles. The first-order chi connectivity index (χ1) is 24.3. The Hall–Kier alpha value is -4.86. The van der Waals surface area contributed by atoms with Gasteiger partial charge in [-0.15, -0.1) is 0 Å². The van der Waals surface area contributed by atoms with Gasteiger partial charge in [0.15, 0.2) is 0 Å². The van der Waals surface area contributed by atoms with Gasteiger partial charge in [-0.05, 0) is 65.8 Å². The minimum absolute atomic E-state index is 0.159. The summed E-state index contributed by atoms with van der Waals surface area (Å²) in [5.74, 6) is -1.41. The predicted molar refractivity (Wildman–Crippen MR) is 194 cm³/mol. The van der Waals surface area contributed by atoms with Crippen molar-refractivity contribution in [3.8, 4) is 11.1 Å². The summed E-state index contributed by atoms with van der Waals surface area (Å²) in [6.45, 7) is 1.58. The maximum Gasteiger partial charge on any atom is 0.249 e. The molecule has 3 unspecified atom stereocenters. The second kappa shape index (κ2) is 18.2. The molecule has 1 saturated heterocycles. The molecule has 1 aliphatic heterocycles. The normalized spacial score (nSPS) is 15.2. The van der Waals surface area contributed by atoms with Crippen molar-refractivity contribution in [1.82, 2.24) is 20.4 Å². The topological polar surface area (TPSA) is 91.0 Å². The fourth-order valence-corrected chi connectivity index (χ4v) is 6.27. The number of ether oxygens (including phenoxy) is 1. The van der Waals surface area contributed by atoms with Crippen LogP contribution in [0.3, 0.4) is 0 Å². The molecule has 3 atom stereocenters. The van der Waals surface area contributed by atoms with Crippen LogP contribution in [0.2, 0.25) is 0 Å². The number of halogens is 1. The van der Waals surface area contributed by atoms with Gasteiger partial charge in [0.1, 0.15) is 24.5 Å². The van der Waals surface area contributed by atoms with Crippen molar-refractivity contribution in [2.45, 2.75) is 50.2 Å². The molecule has 1 fully saturated rings. The smallest absolute Gasteiger partial charge is 0.249 e. The second-order valence-corrected chi connectivity index (χ2v) is 12.9. The Morgan fingerprint density at radius 2 is 1.38 bits per heavy atom. The molecule has 50 heavy (non-hydrogen) atoms. The number of benzene rings is 4. The summed E-state index contributed by atoms with van der Waals surface area (Å²) in [5, 5.41) is 6.37. The zero-order chi connectivity index (χ0) is 35.3. The zero-order valence-corrected chi connectivity index (χ0v) is 28.9. The van der Waals surface area contributed by atoms with Gasteiger partial charge in [-0.1, -0.05) is 97.1 Å². The molecule has 1 heterocycles. The van der Waals surface area contributed by atoms with Crippen molar-refractivity contribution in [2.24, 2.45) is 0 Å². The van der Waals surface area contributed by atoms with Crippen molar-refractivity contribution in [3.05, 3.63) is 132 Å². The maximum absolute atomic E-state index is 14.5. The monoisotopic (exact) mass is 678 g/mol. The molecular formula is C41H47FN4O4. The van der Waals surface area contributed by atoms with Crippen molar-refractivity contribution in [3.63, 3.8) is 0 Å². The van der Waals surface area contributed by atoms with E-state index < -0.39 is 12.1 Å². The average Bonchev–Trinajstić information content (AvgIpc) is 3.67. The Labute approximate surface area is 294 Å². The molecule has 1 aliphatic rings. The van der Waals surface area contributed by atoms with Crippen LogP contribution in [-0.4, -0.2) is 86.0 Å². The zero-order valence-electron chi connectivity index (χ0n) is 28.9. The number of carbonyl (C=O) groups excluding carboxylic acids is 3. The first-order valence-corrected chi connectivity index (χ1v) is 17.3. The molecule has 2 N–H and O–H groups in total. The van der Waals surface area contributed by atoms with Crippen LogP contribution in [0.1, 0.15) is 29.5 Å². The summed E-state index contributed by atoms with van der Waals surface area (Å²) in [6, 6.07) is 32.1. The number of nitrogens with zero attached hydrogens (tertiary/aromatic N) is 2. The first kappa shape index (κ1) is 36.4. The Balaban J connectivity index is 1.35. The SMILES string of the molecule is CN(C(=O)COCC1CCCN1)C(Cc1ccc(-c2ccccc2)cc1)C(=O)N(C)C(Cc1ccc(F)cc1)C(=O)NCCc1ccccc1. The minimum atomic E-state index is -0.906. The van der Waals surface area contributed by atoms with Gasteiger partial charge in [0.05, 0.1) is 6.61 Å². The van der Waals surface area contributed by atoms with Crippen LogP contribution in [0.15, 0.2) is 109 Å². The standard InChI is InChI=1S/C41H47FN4O4/c1-45(39(47)29-50-28-36-14-9-24-43-36)38(27-31-15-19-34(20-16-31)33-12-7-4-8-13-33)41(49)46(2)37(26-32-17-21-35(42)22-18-32)40(48)44-25-23-30-10-5-3-6-11-30/h3-8,10-13,15-22,36-38,43H,9,14,23-29H2,1-2H3,(H,44,48). The number of nitrogens with one attached hydrogen (secondary N) is 2. The van der Waals surface area contributed by atoms with Gasteiger partial charge in [-0.25, -0.2) is 4.39 Å². The molecule has 262 valence electrons. The van der Waals surface area contributed by atoms with E-state index in [4.69, 9.17) is 4.74 Å². The van der Waals surface area contributed by atoms with Crippen molar-refractivity contribution < 1.29 is 23.5 Å². The van der Waals surface area contributed by atoms with Crippen LogP contribution in [0.4, 0.5) is 4.39 Å². The lowest BCUT2D eigenvalue weighted by Crippen LogP contribution is -2.56. The third-order valence-electron chi connectivity index (χ3n) is 9.36. The highest BCUT2D eigenvalue weighted by atomic mass is 19.1. The average molecular weight is 679 g/mol. The van der Waals surface area contributed by atoms with Gasteiger partial charge in [-0.3, -0.25) is 14.4 Å². The molecule has 0 spiro atoms. The highest BCUT2D eigenvalue weighted by Crippen LogP contribution is 2.22. The van der Waals surface area contributed by atoms with E-state index in [1.54, 1.807) is 26.2 Å². The van der Waals surface area contributed by atoms with E-state index in [1.165, 1.54) is 21.9 Å². The molecule has 4 aromatic carbocycles. The van der Waals surface area contributed by atoms with E-state index in [0.717, 1.165) is 41.6 Å². The van der Waals surface area contributed by atoms with E-state index in [-0.39, 0.29) is 49.0 Å². The Morgan fingerprint density at radius 3 is 2.02 bits per heavy atom. The van der Waals surface area contributed by atoms with Gasteiger partial charge >= 0.3 is 0 Å². The Morgan fingerprint density at radius 1 is 0.780 bits per heavy atom. The Kier molecular flexibility index (Phi) is 13.3. The molecule has 9 heteroatoms. The summed E-state index contributed by atoms with van der Waals surface area (Å²) in [4.78, 5) is 44.7. The summed E-state index contributed by atoms with van der Waals surface area (Å²) in [5.41, 5.74) is 4.78. The lowest BCUT2D eigenvalue weighted by Gasteiger charge is -2.34. The van der Waals surface area contributed by atoms with Crippen molar-refractivity contribution in [2.75, 3.05) is 40.4 Å². The maximum atomic E-state index is 14.5. The minimum Gasteiger partial charge on any atom is -0.370 e. The fourth-order valence-electron chi connectivity index (χ4n) is 6.27. The Bertz CT molecular complexity index is 1660. The van der Waals surface area contributed by atoms with Crippen LogP contribution in [0.5, 0.6) is 0 Å². The molecule has 0 radical (unpaired) electrons. The molecule has 0 aromatic heterocycles. The first-order valence-electron chi connectivity index (χ1n) is 17.3.